The van der Waals surface area contributed by atoms with Crippen LogP contribution in [-0.2, 0) is 6.42 Å². The van der Waals surface area contributed by atoms with Crippen molar-refractivity contribution in [2.24, 2.45) is 11.1 Å². The quantitative estimate of drug-likeness (QED) is 0.588. The lowest BCUT2D eigenvalue weighted by Gasteiger charge is -2.22. The molecule has 0 saturated heterocycles. The minimum Gasteiger partial charge on any atom is -0.411 e. The van der Waals surface area contributed by atoms with Crippen LogP contribution in [0, 0.1) is 5.92 Å². The molecule has 1 fully saturated rings. The molecule has 1 N–H and O–H groups in total. The van der Waals surface area contributed by atoms with Gasteiger partial charge in [-0.05, 0) is 37.1 Å². The molecule has 2 rings (SSSR count). The Balaban J connectivity index is 2.02. The summed E-state index contributed by atoms with van der Waals surface area (Å²) >= 11 is 1.79. The highest BCUT2D eigenvalue weighted by molar-refractivity contribution is 7.09. The van der Waals surface area contributed by atoms with E-state index in [-0.39, 0.29) is 0 Å². The fourth-order valence-electron chi connectivity index (χ4n) is 2.09. The minimum atomic E-state index is 0.479. The van der Waals surface area contributed by atoms with E-state index in [0.29, 0.717) is 5.92 Å². The summed E-state index contributed by atoms with van der Waals surface area (Å²) < 4.78 is 0. The van der Waals surface area contributed by atoms with Crippen LogP contribution in [0.4, 0.5) is 0 Å². The maximum Gasteiger partial charge on any atom is 0.0605 e. The topological polar surface area (TPSA) is 32.6 Å². The van der Waals surface area contributed by atoms with Gasteiger partial charge in [-0.25, -0.2) is 0 Å². The Hall–Kier alpha value is -0.830. The molecule has 1 heterocycles. The molecule has 2 nitrogen and oxygen atoms in total. The maximum absolute atomic E-state index is 8.88. The molecule has 0 spiro atoms. The van der Waals surface area contributed by atoms with Crippen molar-refractivity contribution in [1.82, 2.24) is 0 Å². The zero-order valence-corrected chi connectivity index (χ0v) is 8.96. The van der Waals surface area contributed by atoms with Crippen molar-refractivity contribution in [2.45, 2.75) is 32.1 Å². The van der Waals surface area contributed by atoms with E-state index in [4.69, 9.17) is 5.21 Å². The van der Waals surface area contributed by atoms with Crippen LogP contribution >= 0.6 is 11.3 Å². The highest BCUT2D eigenvalue weighted by Crippen LogP contribution is 2.26. The van der Waals surface area contributed by atoms with Crippen LogP contribution < -0.4 is 0 Å². The van der Waals surface area contributed by atoms with E-state index in [9.17, 15) is 0 Å². The Morgan fingerprint density at radius 3 is 3.14 bits per heavy atom. The predicted molar refractivity (Wildman–Crippen MR) is 59.2 cm³/mol. The fourth-order valence-corrected chi connectivity index (χ4v) is 2.88. The summed E-state index contributed by atoms with van der Waals surface area (Å²) in [5.41, 5.74) is 1.00. The highest BCUT2D eigenvalue weighted by Gasteiger charge is 2.21. The molecule has 1 saturated carbocycles. The molecule has 0 aromatic carbocycles. The SMILES string of the molecule is O/N=C1/CCCCC1Cc1cccs1. The zero-order valence-electron chi connectivity index (χ0n) is 8.15. The average molecular weight is 209 g/mol. The van der Waals surface area contributed by atoms with Crippen molar-refractivity contribution < 1.29 is 5.21 Å². The summed E-state index contributed by atoms with van der Waals surface area (Å²) in [7, 11) is 0. The van der Waals surface area contributed by atoms with Gasteiger partial charge >= 0.3 is 0 Å². The number of hydrogen-bond donors (Lipinski definition) is 1. The van der Waals surface area contributed by atoms with Gasteiger partial charge in [0.2, 0.25) is 0 Å². The van der Waals surface area contributed by atoms with Crippen LogP contribution in [0.2, 0.25) is 0 Å². The first-order chi connectivity index (χ1) is 6.90. The van der Waals surface area contributed by atoms with Gasteiger partial charge in [-0.1, -0.05) is 17.6 Å². The van der Waals surface area contributed by atoms with E-state index in [1.165, 1.54) is 24.1 Å². The normalized spacial score (nSPS) is 25.4. The number of rotatable bonds is 2. The summed E-state index contributed by atoms with van der Waals surface area (Å²) in [5, 5.41) is 14.4. The number of nitrogens with zero attached hydrogens (tertiary/aromatic N) is 1. The van der Waals surface area contributed by atoms with Gasteiger partial charge in [0, 0.05) is 10.8 Å². The maximum atomic E-state index is 8.88. The third kappa shape index (κ3) is 2.15. The predicted octanol–water partition coefficient (Wildman–Crippen LogP) is 3.31. The van der Waals surface area contributed by atoms with Gasteiger partial charge in [0.25, 0.3) is 0 Å². The third-order valence-corrected chi connectivity index (χ3v) is 3.76. The first-order valence-electron chi connectivity index (χ1n) is 5.13. The van der Waals surface area contributed by atoms with E-state index in [1.807, 2.05) is 0 Å². The summed E-state index contributed by atoms with van der Waals surface area (Å²) in [4.78, 5) is 1.40. The minimum absolute atomic E-state index is 0.479. The van der Waals surface area contributed by atoms with Gasteiger partial charge < -0.3 is 5.21 Å². The molecule has 1 aliphatic rings. The van der Waals surface area contributed by atoms with Gasteiger partial charge in [0.15, 0.2) is 0 Å². The Morgan fingerprint density at radius 2 is 2.43 bits per heavy atom. The average Bonchev–Trinajstić information content (AvgIpc) is 2.71. The number of thiophene rings is 1. The molecule has 1 unspecified atom stereocenters. The molecule has 0 bridgehead atoms. The van der Waals surface area contributed by atoms with E-state index >= 15 is 0 Å². The third-order valence-electron chi connectivity index (χ3n) is 2.86. The van der Waals surface area contributed by atoms with Crippen LogP contribution in [-0.4, -0.2) is 10.9 Å². The van der Waals surface area contributed by atoms with Crippen LogP contribution in [0.5, 0.6) is 0 Å². The van der Waals surface area contributed by atoms with Crippen molar-refractivity contribution in [2.75, 3.05) is 0 Å². The summed E-state index contributed by atoms with van der Waals surface area (Å²) in [6, 6.07) is 4.24. The lowest BCUT2D eigenvalue weighted by atomic mass is 9.85. The Labute approximate surface area is 88.3 Å². The van der Waals surface area contributed by atoms with Gasteiger partial charge in [-0.3, -0.25) is 0 Å². The molecule has 1 atom stereocenters. The number of hydrogen-bond acceptors (Lipinski definition) is 3. The summed E-state index contributed by atoms with van der Waals surface area (Å²) in [5.74, 6) is 0.479. The summed E-state index contributed by atoms with van der Waals surface area (Å²) in [6.45, 7) is 0. The number of oxime groups is 1. The van der Waals surface area contributed by atoms with Gasteiger partial charge in [-0.2, -0.15) is 0 Å². The van der Waals surface area contributed by atoms with E-state index in [1.54, 1.807) is 11.3 Å². The monoisotopic (exact) mass is 209 g/mol. The van der Waals surface area contributed by atoms with E-state index < -0.39 is 0 Å². The lowest BCUT2D eigenvalue weighted by molar-refractivity contribution is 0.308. The Kier molecular flexibility index (Phi) is 3.19. The molecule has 0 radical (unpaired) electrons. The van der Waals surface area contributed by atoms with Crippen molar-refractivity contribution in [3.8, 4) is 0 Å². The lowest BCUT2D eigenvalue weighted by Crippen LogP contribution is -2.21. The Morgan fingerprint density at radius 1 is 1.50 bits per heavy atom. The zero-order chi connectivity index (χ0) is 9.80. The van der Waals surface area contributed by atoms with Gasteiger partial charge in [0.05, 0.1) is 5.71 Å². The van der Waals surface area contributed by atoms with Gasteiger partial charge in [0.1, 0.15) is 0 Å². The molecular formula is C11H15NOS. The van der Waals surface area contributed by atoms with Crippen LogP contribution in [0.15, 0.2) is 22.7 Å². The molecule has 1 aromatic rings. The molecule has 14 heavy (non-hydrogen) atoms. The first-order valence-corrected chi connectivity index (χ1v) is 6.01. The van der Waals surface area contributed by atoms with Crippen molar-refractivity contribution in [3.63, 3.8) is 0 Å². The fraction of sp³-hybridized carbons (Fsp3) is 0.545. The second-order valence-electron chi connectivity index (χ2n) is 3.82. The molecule has 1 aromatic heterocycles. The second kappa shape index (κ2) is 4.60. The second-order valence-corrected chi connectivity index (χ2v) is 4.85. The molecule has 76 valence electrons. The standard InChI is InChI=1S/C11H15NOS/c13-12-11-6-2-1-4-9(11)8-10-5-3-7-14-10/h3,5,7,9,13H,1-2,4,6,8H2/b12-11-. The van der Waals surface area contributed by atoms with Crippen molar-refractivity contribution >= 4 is 17.0 Å². The van der Waals surface area contributed by atoms with Crippen LogP contribution in [0.25, 0.3) is 0 Å². The molecule has 1 aliphatic carbocycles. The highest BCUT2D eigenvalue weighted by atomic mass is 32.1. The molecule has 3 heteroatoms. The molecule has 0 amide bonds. The summed E-state index contributed by atoms with van der Waals surface area (Å²) in [6.07, 6.45) is 5.66. The molecule has 0 aliphatic heterocycles. The van der Waals surface area contributed by atoms with Crippen LogP contribution in [0.1, 0.15) is 30.6 Å². The first kappa shape index (κ1) is 9.71. The Bertz CT molecular complexity index is 305. The van der Waals surface area contributed by atoms with Crippen LogP contribution in [0.3, 0.4) is 0 Å². The molecular weight excluding hydrogens is 194 g/mol. The largest absolute Gasteiger partial charge is 0.411 e. The van der Waals surface area contributed by atoms with E-state index in [0.717, 1.165) is 18.6 Å². The smallest absolute Gasteiger partial charge is 0.0605 e. The van der Waals surface area contributed by atoms with Gasteiger partial charge in [-0.15, -0.1) is 11.3 Å². The van der Waals surface area contributed by atoms with E-state index in [2.05, 4.69) is 22.7 Å². The van der Waals surface area contributed by atoms with Crippen molar-refractivity contribution in [1.29, 1.82) is 0 Å². The van der Waals surface area contributed by atoms with Crippen molar-refractivity contribution in [3.05, 3.63) is 22.4 Å².